The summed E-state index contributed by atoms with van der Waals surface area (Å²) < 4.78 is 15.0. The number of aromatic nitrogens is 1. The van der Waals surface area contributed by atoms with Crippen molar-refractivity contribution in [2.75, 3.05) is 5.32 Å². The van der Waals surface area contributed by atoms with E-state index in [0.29, 0.717) is 6.54 Å². The molecule has 19 heavy (non-hydrogen) atoms. The molecule has 0 fully saturated rings. The van der Waals surface area contributed by atoms with Gasteiger partial charge in [-0.15, -0.1) is 0 Å². The number of fused-ring (bicyclic) bond motifs is 1. The van der Waals surface area contributed by atoms with Crippen LogP contribution >= 0.6 is 27.3 Å². The van der Waals surface area contributed by atoms with Crippen LogP contribution in [-0.4, -0.2) is 4.98 Å². The Bertz CT molecular complexity index is 709. The Morgan fingerprint density at radius 2 is 1.95 bits per heavy atom. The van der Waals surface area contributed by atoms with Crippen LogP contribution in [0.15, 0.2) is 46.9 Å². The molecule has 1 heterocycles. The molecule has 0 aliphatic heterocycles. The summed E-state index contributed by atoms with van der Waals surface area (Å²) >= 11 is 5.05. The molecule has 0 saturated heterocycles. The second-order valence-corrected chi connectivity index (χ2v) is 6.06. The molecule has 2 nitrogen and oxygen atoms in total. The molecule has 0 aliphatic rings. The number of anilines is 1. The third kappa shape index (κ3) is 2.93. The summed E-state index contributed by atoms with van der Waals surface area (Å²) in [7, 11) is 0. The summed E-state index contributed by atoms with van der Waals surface area (Å²) in [6.07, 6.45) is 0. The van der Waals surface area contributed by atoms with Crippen molar-refractivity contribution in [1.82, 2.24) is 4.98 Å². The van der Waals surface area contributed by atoms with Gasteiger partial charge in [0.1, 0.15) is 5.82 Å². The predicted octanol–water partition coefficient (Wildman–Crippen LogP) is 4.81. The van der Waals surface area contributed by atoms with Crippen LogP contribution in [0.3, 0.4) is 0 Å². The lowest BCUT2D eigenvalue weighted by Crippen LogP contribution is -1.98. The monoisotopic (exact) mass is 336 g/mol. The molecule has 1 aromatic heterocycles. The molecular formula is C14H10BrFN2S. The van der Waals surface area contributed by atoms with E-state index in [9.17, 15) is 4.39 Å². The summed E-state index contributed by atoms with van der Waals surface area (Å²) in [6.45, 7) is 0.640. The topological polar surface area (TPSA) is 24.9 Å². The Labute approximate surface area is 122 Å². The zero-order valence-corrected chi connectivity index (χ0v) is 12.3. The van der Waals surface area contributed by atoms with E-state index in [0.717, 1.165) is 25.4 Å². The van der Waals surface area contributed by atoms with Gasteiger partial charge in [-0.2, -0.15) is 0 Å². The first-order chi connectivity index (χ1) is 9.20. The smallest absolute Gasteiger partial charge is 0.184 e. The van der Waals surface area contributed by atoms with Crippen LogP contribution in [-0.2, 0) is 6.54 Å². The van der Waals surface area contributed by atoms with Gasteiger partial charge in [-0.05, 0) is 35.9 Å². The highest BCUT2D eigenvalue weighted by Crippen LogP contribution is 2.28. The van der Waals surface area contributed by atoms with Crippen molar-refractivity contribution < 1.29 is 4.39 Å². The molecule has 0 saturated carbocycles. The SMILES string of the molecule is Fc1ccc(CNc2nc3ccc(Br)cc3s2)cc1. The Morgan fingerprint density at radius 3 is 2.74 bits per heavy atom. The lowest BCUT2D eigenvalue weighted by molar-refractivity contribution is 0.627. The van der Waals surface area contributed by atoms with Crippen molar-refractivity contribution in [2.24, 2.45) is 0 Å². The van der Waals surface area contributed by atoms with Crippen LogP contribution < -0.4 is 5.32 Å². The Balaban J connectivity index is 1.76. The minimum atomic E-state index is -0.214. The number of nitrogens with zero attached hydrogens (tertiary/aromatic N) is 1. The highest BCUT2D eigenvalue weighted by atomic mass is 79.9. The van der Waals surface area contributed by atoms with Crippen LogP contribution in [0.1, 0.15) is 5.56 Å². The normalized spacial score (nSPS) is 10.8. The van der Waals surface area contributed by atoms with E-state index in [1.165, 1.54) is 12.1 Å². The quantitative estimate of drug-likeness (QED) is 0.742. The number of nitrogens with one attached hydrogen (secondary N) is 1. The summed E-state index contributed by atoms with van der Waals surface area (Å²) in [5.41, 5.74) is 2.01. The molecule has 0 bridgehead atoms. The molecule has 2 aromatic carbocycles. The van der Waals surface area contributed by atoms with Gasteiger partial charge < -0.3 is 5.32 Å². The number of thiazole rings is 1. The van der Waals surface area contributed by atoms with E-state index in [1.54, 1.807) is 23.5 Å². The van der Waals surface area contributed by atoms with Gasteiger partial charge in [-0.3, -0.25) is 0 Å². The van der Waals surface area contributed by atoms with Gasteiger partial charge in [-0.25, -0.2) is 9.37 Å². The van der Waals surface area contributed by atoms with E-state index in [1.807, 2.05) is 12.1 Å². The van der Waals surface area contributed by atoms with E-state index in [-0.39, 0.29) is 5.82 Å². The summed E-state index contributed by atoms with van der Waals surface area (Å²) in [5, 5.41) is 4.13. The highest BCUT2D eigenvalue weighted by molar-refractivity contribution is 9.10. The van der Waals surface area contributed by atoms with Crippen LogP contribution in [0.4, 0.5) is 9.52 Å². The molecule has 0 amide bonds. The van der Waals surface area contributed by atoms with Gasteiger partial charge in [0.15, 0.2) is 5.13 Å². The molecule has 0 aliphatic carbocycles. The van der Waals surface area contributed by atoms with Crippen LogP contribution in [0.25, 0.3) is 10.2 Å². The first-order valence-electron chi connectivity index (χ1n) is 5.75. The van der Waals surface area contributed by atoms with Crippen molar-refractivity contribution in [3.8, 4) is 0 Å². The third-order valence-electron chi connectivity index (χ3n) is 2.71. The average Bonchev–Trinajstić information content (AvgIpc) is 2.80. The van der Waals surface area contributed by atoms with Gasteiger partial charge in [0.05, 0.1) is 10.2 Å². The van der Waals surface area contributed by atoms with Gasteiger partial charge in [-0.1, -0.05) is 39.4 Å². The van der Waals surface area contributed by atoms with Gasteiger partial charge in [0.2, 0.25) is 0 Å². The average molecular weight is 337 g/mol. The van der Waals surface area contributed by atoms with E-state index in [2.05, 4.69) is 32.3 Å². The van der Waals surface area contributed by atoms with E-state index < -0.39 is 0 Å². The maximum atomic E-state index is 12.8. The Hall–Kier alpha value is -1.46. The largest absolute Gasteiger partial charge is 0.357 e. The van der Waals surface area contributed by atoms with Crippen molar-refractivity contribution in [3.05, 3.63) is 58.3 Å². The molecule has 3 rings (SSSR count). The van der Waals surface area contributed by atoms with Gasteiger partial charge in [0, 0.05) is 11.0 Å². The summed E-state index contributed by atoms with van der Waals surface area (Å²) in [5.74, 6) is -0.214. The number of hydrogen-bond acceptors (Lipinski definition) is 3. The van der Waals surface area contributed by atoms with Gasteiger partial charge in [0.25, 0.3) is 0 Å². The third-order valence-corrected chi connectivity index (χ3v) is 4.18. The lowest BCUT2D eigenvalue weighted by atomic mass is 10.2. The second-order valence-electron chi connectivity index (χ2n) is 4.11. The summed E-state index contributed by atoms with van der Waals surface area (Å²) in [6, 6.07) is 12.5. The van der Waals surface area contributed by atoms with Crippen molar-refractivity contribution in [1.29, 1.82) is 0 Å². The molecule has 0 spiro atoms. The zero-order chi connectivity index (χ0) is 13.2. The minimum Gasteiger partial charge on any atom is -0.357 e. The fraction of sp³-hybridized carbons (Fsp3) is 0.0714. The molecule has 0 unspecified atom stereocenters. The van der Waals surface area contributed by atoms with E-state index >= 15 is 0 Å². The molecule has 0 radical (unpaired) electrons. The van der Waals surface area contributed by atoms with Crippen LogP contribution in [0.5, 0.6) is 0 Å². The van der Waals surface area contributed by atoms with Crippen LogP contribution in [0.2, 0.25) is 0 Å². The highest BCUT2D eigenvalue weighted by Gasteiger charge is 2.04. The molecule has 0 atom stereocenters. The maximum absolute atomic E-state index is 12.8. The standard InChI is InChI=1S/C14H10BrFN2S/c15-10-3-6-12-13(7-10)19-14(18-12)17-8-9-1-4-11(16)5-2-9/h1-7H,8H2,(H,17,18). The van der Waals surface area contributed by atoms with Crippen LogP contribution in [0, 0.1) is 5.82 Å². The van der Waals surface area contributed by atoms with Crippen molar-refractivity contribution in [3.63, 3.8) is 0 Å². The fourth-order valence-electron chi connectivity index (χ4n) is 1.75. The minimum absolute atomic E-state index is 0.214. The molecule has 5 heteroatoms. The number of benzene rings is 2. The van der Waals surface area contributed by atoms with Gasteiger partial charge >= 0.3 is 0 Å². The predicted molar refractivity (Wildman–Crippen MR) is 81.0 cm³/mol. The number of rotatable bonds is 3. The Kier molecular flexibility index (Phi) is 3.48. The first-order valence-corrected chi connectivity index (χ1v) is 7.36. The number of hydrogen-bond donors (Lipinski definition) is 1. The Morgan fingerprint density at radius 1 is 1.16 bits per heavy atom. The summed E-state index contributed by atoms with van der Waals surface area (Å²) in [4.78, 5) is 4.50. The maximum Gasteiger partial charge on any atom is 0.184 e. The molecule has 96 valence electrons. The number of halogens is 2. The molecular weight excluding hydrogens is 327 g/mol. The van der Waals surface area contributed by atoms with Crippen molar-refractivity contribution >= 4 is 42.6 Å². The molecule has 1 N–H and O–H groups in total. The fourth-order valence-corrected chi connectivity index (χ4v) is 3.17. The second kappa shape index (κ2) is 5.27. The first kappa shape index (κ1) is 12.6. The van der Waals surface area contributed by atoms with E-state index in [4.69, 9.17) is 0 Å². The molecule has 3 aromatic rings. The van der Waals surface area contributed by atoms with Crippen molar-refractivity contribution in [2.45, 2.75) is 6.54 Å². The zero-order valence-electron chi connectivity index (χ0n) is 9.86. The lowest BCUT2D eigenvalue weighted by Gasteiger charge is -2.02.